The molecule has 0 aromatic heterocycles. The van der Waals surface area contributed by atoms with Crippen LogP contribution in [0.4, 0.5) is 0 Å². The summed E-state index contributed by atoms with van der Waals surface area (Å²) >= 11 is 0. The largest absolute Gasteiger partial charge is 0.508 e. The first-order chi connectivity index (χ1) is 26.6. The maximum absolute atomic E-state index is 12.6. The number of hydrogen-bond donors (Lipinski definition) is 13. The molecule has 0 heterocycles. The Morgan fingerprint density at radius 1 is 0.750 bits per heavy atom. The number of nitrogens with two attached hydrogens (primary N) is 4. The van der Waals surface area contributed by atoms with Gasteiger partial charge in [-0.25, -0.2) is 0 Å². The van der Waals surface area contributed by atoms with Crippen molar-refractivity contribution < 1.29 is 43.8 Å². The first kappa shape index (κ1) is 48.5. The molecular weight excluding hydrogens is 732 g/mol. The number of carbonyl (C=O) groups excluding carboxylic acids is 7. The summed E-state index contributed by atoms with van der Waals surface area (Å²) in [5, 5.41) is 38.1. The van der Waals surface area contributed by atoms with Gasteiger partial charge in [-0.2, -0.15) is 0 Å². The smallest absolute Gasteiger partial charge is 0.245 e. The summed E-state index contributed by atoms with van der Waals surface area (Å²) in [6, 6.07) is 1.10. The molecule has 0 spiro atoms. The molecule has 0 saturated carbocycles. The Hall–Kier alpha value is -5.54. The molecule has 0 saturated heterocycles. The lowest BCUT2D eigenvalue weighted by Crippen LogP contribution is -2.49. The minimum atomic E-state index is -1.19. The van der Waals surface area contributed by atoms with Gasteiger partial charge in [0.1, 0.15) is 17.5 Å². The van der Waals surface area contributed by atoms with Gasteiger partial charge in [0, 0.05) is 44.2 Å². The summed E-state index contributed by atoms with van der Waals surface area (Å²) in [5.74, 6) is -4.29. The van der Waals surface area contributed by atoms with E-state index < -0.39 is 66.5 Å². The number of aliphatic imine (C=N–C) groups is 1. The molecule has 3 atom stereocenters. The molecular formula is C35H60N12O9. The highest BCUT2D eigenvalue weighted by atomic mass is 16.3. The number of rotatable bonds is 29. The van der Waals surface area contributed by atoms with Gasteiger partial charge in [-0.15, -0.1) is 0 Å². The number of benzene rings is 1. The van der Waals surface area contributed by atoms with Gasteiger partial charge < -0.3 is 65.0 Å². The molecule has 21 heteroatoms. The standard InChI is InChI=1S/C35H60N12O9/c1-22(32(54)47-31(53)21-45-33(55)25(36)8-7-16-44-35(38)39)41-13-6-5-12-40-17-11-29(51)42-14-3-2-4-15-43-34(56)26(20-28(37)50)46-30(52)18-23-9-10-24(48)19-27(23)49/h9-10,19,22,25-26,40-41,48-49H,2-8,11-18,20-21,36H2,1H3,(H2,37,50)(H,42,51)(H,43,56)(H,45,55)(H,46,52)(H4,38,39,44)(H,47,53,54). The lowest BCUT2D eigenvalue weighted by atomic mass is 10.1. The minimum Gasteiger partial charge on any atom is -0.508 e. The van der Waals surface area contributed by atoms with E-state index in [1.165, 1.54) is 12.1 Å². The number of primary amides is 1. The van der Waals surface area contributed by atoms with Gasteiger partial charge in [-0.3, -0.25) is 43.9 Å². The van der Waals surface area contributed by atoms with Crippen molar-refractivity contribution in [3.05, 3.63) is 23.8 Å². The predicted octanol–water partition coefficient (Wildman–Crippen LogP) is -3.72. The Morgan fingerprint density at radius 2 is 1.43 bits per heavy atom. The summed E-state index contributed by atoms with van der Waals surface area (Å²) in [4.78, 5) is 88.8. The van der Waals surface area contributed by atoms with Crippen molar-refractivity contribution >= 4 is 47.3 Å². The van der Waals surface area contributed by atoms with Crippen LogP contribution in [0.15, 0.2) is 23.2 Å². The van der Waals surface area contributed by atoms with E-state index in [0.29, 0.717) is 71.2 Å². The Labute approximate surface area is 326 Å². The summed E-state index contributed by atoms with van der Waals surface area (Å²) in [6.07, 6.45) is 3.93. The summed E-state index contributed by atoms with van der Waals surface area (Å²) in [5.41, 5.74) is 21.7. The molecule has 1 aromatic rings. The molecule has 7 amide bonds. The van der Waals surface area contributed by atoms with Crippen molar-refractivity contribution in [2.24, 2.45) is 27.9 Å². The SMILES string of the molecule is CC(NCCCCNCCC(=O)NCCCCCNC(=O)C(CC(N)=O)NC(=O)Cc1ccc(O)cc1O)C(=O)NC(=O)CNC(=O)C(N)CCCN=C(N)N. The maximum Gasteiger partial charge on any atom is 0.245 e. The zero-order valence-corrected chi connectivity index (χ0v) is 32.0. The number of phenols is 2. The maximum atomic E-state index is 12.6. The fourth-order valence-electron chi connectivity index (χ4n) is 4.96. The number of hydrogen-bond acceptors (Lipinski definition) is 13. The molecule has 17 N–H and O–H groups in total. The van der Waals surface area contributed by atoms with Gasteiger partial charge in [-0.1, -0.05) is 6.07 Å². The average molecular weight is 793 g/mol. The molecule has 0 aliphatic rings. The van der Waals surface area contributed by atoms with Crippen molar-refractivity contribution in [1.82, 2.24) is 37.2 Å². The van der Waals surface area contributed by atoms with Crippen LogP contribution in [0.3, 0.4) is 0 Å². The lowest BCUT2D eigenvalue weighted by Gasteiger charge is -2.17. The van der Waals surface area contributed by atoms with E-state index >= 15 is 0 Å². The predicted molar refractivity (Wildman–Crippen MR) is 207 cm³/mol. The highest BCUT2D eigenvalue weighted by Gasteiger charge is 2.23. The normalized spacial score (nSPS) is 12.3. The van der Waals surface area contributed by atoms with E-state index in [1.807, 2.05) is 0 Å². The van der Waals surface area contributed by atoms with Crippen LogP contribution >= 0.6 is 0 Å². The second-order valence-electron chi connectivity index (χ2n) is 13.1. The van der Waals surface area contributed by atoms with Crippen LogP contribution in [0.5, 0.6) is 11.5 Å². The fraction of sp³-hybridized carbons (Fsp3) is 0.600. The van der Waals surface area contributed by atoms with Gasteiger partial charge in [0.2, 0.25) is 41.4 Å². The van der Waals surface area contributed by atoms with E-state index in [0.717, 1.165) is 18.9 Å². The third-order valence-corrected chi connectivity index (χ3v) is 8.10. The first-order valence-electron chi connectivity index (χ1n) is 18.6. The van der Waals surface area contributed by atoms with Crippen LogP contribution in [-0.4, -0.2) is 121 Å². The van der Waals surface area contributed by atoms with Gasteiger partial charge in [0.15, 0.2) is 5.96 Å². The van der Waals surface area contributed by atoms with Crippen molar-refractivity contribution in [2.45, 2.75) is 89.3 Å². The zero-order valence-electron chi connectivity index (χ0n) is 32.0. The van der Waals surface area contributed by atoms with Gasteiger partial charge >= 0.3 is 0 Å². The molecule has 0 aliphatic carbocycles. The van der Waals surface area contributed by atoms with Crippen molar-refractivity contribution in [3.63, 3.8) is 0 Å². The lowest BCUT2D eigenvalue weighted by molar-refractivity contribution is -0.133. The minimum absolute atomic E-state index is 0.0510. The van der Waals surface area contributed by atoms with Crippen LogP contribution in [0.1, 0.15) is 70.3 Å². The Kier molecular flexibility index (Phi) is 24.2. The molecule has 314 valence electrons. The monoisotopic (exact) mass is 792 g/mol. The molecule has 0 radical (unpaired) electrons. The molecule has 56 heavy (non-hydrogen) atoms. The summed E-state index contributed by atoms with van der Waals surface area (Å²) in [7, 11) is 0. The topological polar surface area (TPSA) is 361 Å². The first-order valence-corrected chi connectivity index (χ1v) is 18.6. The fourth-order valence-corrected chi connectivity index (χ4v) is 4.96. The van der Waals surface area contributed by atoms with E-state index in [4.69, 9.17) is 22.9 Å². The molecule has 1 rings (SSSR count). The number of nitrogens with zero attached hydrogens (tertiary/aromatic N) is 1. The van der Waals surface area contributed by atoms with Gasteiger partial charge in [-0.05, 0) is 71.0 Å². The van der Waals surface area contributed by atoms with Crippen LogP contribution in [0.25, 0.3) is 0 Å². The Morgan fingerprint density at radius 3 is 2.11 bits per heavy atom. The molecule has 0 aliphatic heterocycles. The van der Waals surface area contributed by atoms with E-state index in [9.17, 15) is 43.8 Å². The Balaban J connectivity index is 2.09. The summed E-state index contributed by atoms with van der Waals surface area (Å²) in [6.45, 7) is 3.99. The van der Waals surface area contributed by atoms with Crippen molar-refractivity contribution in [1.29, 1.82) is 0 Å². The molecule has 1 aromatic carbocycles. The second kappa shape index (κ2) is 28.0. The molecule has 0 bridgehead atoms. The van der Waals surface area contributed by atoms with Crippen LogP contribution in [0, 0.1) is 0 Å². The second-order valence-corrected chi connectivity index (χ2v) is 13.1. The van der Waals surface area contributed by atoms with Gasteiger partial charge in [0.25, 0.3) is 0 Å². The zero-order chi connectivity index (χ0) is 41.9. The van der Waals surface area contributed by atoms with Crippen molar-refractivity contribution in [2.75, 3.05) is 45.8 Å². The van der Waals surface area contributed by atoms with Crippen LogP contribution in [-0.2, 0) is 40.0 Å². The van der Waals surface area contributed by atoms with Gasteiger partial charge in [0.05, 0.1) is 31.5 Å². The number of unbranched alkanes of at least 4 members (excludes halogenated alkanes) is 3. The third kappa shape index (κ3) is 23.3. The quantitative estimate of drug-likeness (QED) is 0.0211. The Bertz CT molecular complexity index is 1470. The van der Waals surface area contributed by atoms with E-state index in [-0.39, 0.29) is 41.9 Å². The highest BCUT2D eigenvalue weighted by Crippen LogP contribution is 2.22. The van der Waals surface area contributed by atoms with Crippen LogP contribution in [0.2, 0.25) is 0 Å². The number of phenolic OH excluding ortho intramolecular Hbond substituents is 2. The number of carbonyl (C=O) groups is 7. The molecule has 3 unspecified atom stereocenters. The molecule has 0 fully saturated rings. The van der Waals surface area contributed by atoms with E-state index in [1.54, 1.807) is 6.92 Å². The van der Waals surface area contributed by atoms with Crippen molar-refractivity contribution in [3.8, 4) is 11.5 Å². The highest BCUT2D eigenvalue weighted by molar-refractivity contribution is 5.99. The van der Waals surface area contributed by atoms with Crippen LogP contribution < -0.4 is 60.2 Å². The third-order valence-electron chi connectivity index (χ3n) is 8.10. The molecule has 21 nitrogen and oxygen atoms in total. The summed E-state index contributed by atoms with van der Waals surface area (Å²) < 4.78 is 0. The van der Waals surface area contributed by atoms with E-state index in [2.05, 4.69) is 42.2 Å². The number of guanidine groups is 1. The average Bonchev–Trinajstić information content (AvgIpc) is 3.13. The number of nitrogens with one attached hydrogen (secondary N) is 7. The number of amides is 7. The number of aromatic hydroxyl groups is 2. The number of imide groups is 1.